The lowest BCUT2D eigenvalue weighted by atomic mass is 10.0. The van der Waals surface area contributed by atoms with E-state index in [4.69, 9.17) is 4.98 Å². The minimum absolute atomic E-state index is 0.509. The zero-order valence-corrected chi connectivity index (χ0v) is 13.7. The molecule has 1 N–H and O–H groups in total. The van der Waals surface area contributed by atoms with Gasteiger partial charge in [0.25, 0.3) is 0 Å². The number of aromatic nitrogens is 2. The van der Waals surface area contributed by atoms with E-state index in [0.717, 1.165) is 30.9 Å². The van der Waals surface area contributed by atoms with Crippen LogP contribution in [0.3, 0.4) is 0 Å². The molecule has 2 rings (SSSR count). The van der Waals surface area contributed by atoms with Gasteiger partial charge >= 0.3 is 0 Å². The fraction of sp³-hybridized carbons (Fsp3) is 0.500. The van der Waals surface area contributed by atoms with Crippen LogP contribution in [0.4, 0.5) is 0 Å². The fourth-order valence-electron chi connectivity index (χ4n) is 2.55. The summed E-state index contributed by atoms with van der Waals surface area (Å²) in [6.45, 7) is 14.4. The second-order valence-corrected chi connectivity index (χ2v) is 6.19. The first-order chi connectivity index (χ1) is 10.0. The molecular weight excluding hydrogens is 258 g/mol. The summed E-state index contributed by atoms with van der Waals surface area (Å²) in [5.41, 5.74) is 3.65. The van der Waals surface area contributed by atoms with Crippen LogP contribution in [0, 0.1) is 0 Å². The molecule has 1 aromatic heterocycles. The number of hydrogen-bond donors (Lipinski definition) is 1. The highest BCUT2D eigenvalue weighted by atomic mass is 15.1. The highest BCUT2D eigenvalue weighted by Gasteiger charge is 2.11. The van der Waals surface area contributed by atoms with Crippen LogP contribution < -0.4 is 5.32 Å². The molecule has 0 saturated heterocycles. The molecule has 2 aromatic rings. The van der Waals surface area contributed by atoms with Crippen molar-refractivity contribution < 1.29 is 0 Å². The number of fused-ring (bicyclic) bond motifs is 1. The first kappa shape index (κ1) is 15.8. The predicted molar refractivity (Wildman–Crippen MR) is 90.9 cm³/mol. The average Bonchev–Trinajstić information content (AvgIpc) is 2.76. The number of hydrogen-bond acceptors (Lipinski definition) is 2. The number of nitrogens with zero attached hydrogens (tertiary/aromatic N) is 2. The molecule has 3 nitrogen and oxygen atoms in total. The van der Waals surface area contributed by atoms with Crippen molar-refractivity contribution in [1.82, 2.24) is 14.9 Å². The van der Waals surface area contributed by atoms with E-state index in [9.17, 15) is 0 Å². The van der Waals surface area contributed by atoms with Crippen molar-refractivity contribution in [2.24, 2.45) is 0 Å². The maximum atomic E-state index is 4.85. The zero-order valence-electron chi connectivity index (χ0n) is 13.7. The Morgan fingerprint density at radius 1 is 1.29 bits per heavy atom. The third-order valence-electron chi connectivity index (χ3n) is 3.73. The second kappa shape index (κ2) is 6.90. The Balaban J connectivity index is 2.33. The standard InChI is InChI=1S/C18H27N3/c1-6-11-21-17-8-7-15(13(2)3)12-16(17)20-18(21)9-10-19-14(4)5/h6-8,12-14,19H,1,9-11H2,2-5H3. The lowest BCUT2D eigenvalue weighted by molar-refractivity contribution is 0.576. The van der Waals surface area contributed by atoms with Crippen molar-refractivity contribution in [1.29, 1.82) is 0 Å². The zero-order chi connectivity index (χ0) is 15.4. The molecule has 0 spiro atoms. The summed E-state index contributed by atoms with van der Waals surface area (Å²) in [5.74, 6) is 1.67. The van der Waals surface area contributed by atoms with Gasteiger partial charge in [0.05, 0.1) is 11.0 Å². The summed E-state index contributed by atoms with van der Waals surface area (Å²) in [7, 11) is 0. The molecule has 1 heterocycles. The van der Waals surface area contributed by atoms with Gasteiger partial charge in [0.2, 0.25) is 0 Å². The van der Waals surface area contributed by atoms with Crippen LogP contribution in [0.25, 0.3) is 11.0 Å². The predicted octanol–water partition coefficient (Wildman–Crippen LogP) is 3.89. The van der Waals surface area contributed by atoms with Crippen molar-refractivity contribution in [3.05, 3.63) is 42.2 Å². The van der Waals surface area contributed by atoms with Gasteiger partial charge < -0.3 is 9.88 Å². The Hall–Kier alpha value is -1.61. The van der Waals surface area contributed by atoms with Crippen molar-refractivity contribution in [3.8, 4) is 0 Å². The van der Waals surface area contributed by atoms with Gasteiger partial charge in [-0.3, -0.25) is 0 Å². The normalized spacial score (nSPS) is 11.7. The molecule has 114 valence electrons. The lowest BCUT2D eigenvalue weighted by Gasteiger charge is -2.09. The van der Waals surface area contributed by atoms with E-state index < -0.39 is 0 Å². The molecule has 0 fully saturated rings. The van der Waals surface area contributed by atoms with Gasteiger partial charge in [-0.2, -0.15) is 0 Å². The number of rotatable bonds is 7. The number of allylic oxidation sites excluding steroid dienone is 1. The van der Waals surface area contributed by atoms with E-state index in [2.05, 4.69) is 62.4 Å². The Labute approximate surface area is 128 Å². The number of nitrogens with one attached hydrogen (secondary N) is 1. The van der Waals surface area contributed by atoms with Crippen LogP contribution >= 0.6 is 0 Å². The second-order valence-electron chi connectivity index (χ2n) is 6.19. The smallest absolute Gasteiger partial charge is 0.111 e. The molecule has 3 heteroatoms. The minimum atomic E-state index is 0.509. The molecule has 1 aromatic carbocycles. The maximum absolute atomic E-state index is 4.85. The summed E-state index contributed by atoms with van der Waals surface area (Å²) >= 11 is 0. The summed E-state index contributed by atoms with van der Waals surface area (Å²) in [5, 5.41) is 3.46. The van der Waals surface area contributed by atoms with Crippen molar-refractivity contribution in [2.75, 3.05) is 6.54 Å². The monoisotopic (exact) mass is 285 g/mol. The van der Waals surface area contributed by atoms with E-state index in [1.807, 2.05) is 6.08 Å². The molecule has 0 bridgehead atoms. The quantitative estimate of drug-likeness (QED) is 0.782. The Bertz CT molecular complexity index is 608. The van der Waals surface area contributed by atoms with E-state index >= 15 is 0 Å². The highest BCUT2D eigenvalue weighted by molar-refractivity contribution is 5.77. The SMILES string of the molecule is C=CCn1c(CCNC(C)C)nc2cc(C(C)C)ccc21. The molecule has 0 aliphatic carbocycles. The van der Waals surface area contributed by atoms with E-state index in [1.54, 1.807) is 0 Å². The molecule has 0 radical (unpaired) electrons. The van der Waals surface area contributed by atoms with Crippen LogP contribution in [0.1, 0.15) is 45.0 Å². The summed E-state index contributed by atoms with van der Waals surface area (Å²) in [6.07, 6.45) is 2.88. The summed E-state index contributed by atoms with van der Waals surface area (Å²) < 4.78 is 2.27. The Morgan fingerprint density at radius 3 is 2.67 bits per heavy atom. The minimum Gasteiger partial charge on any atom is -0.324 e. The molecule has 0 saturated carbocycles. The van der Waals surface area contributed by atoms with Gasteiger partial charge in [-0.25, -0.2) is 4.98 Å². The van der Waals surface area contributed by atoms with Gasteiger partial charge in [0.1, 0.15) is 5.82 Å². The molecule has 0 unspecified atom stereocenters. The Morgan fingerprint density at radius 2 is 2.05 bits per heavy atom. The molecule has 21 heavy (non-hydrogen) atoms. The third kappa shape index (κ3) is 3.73. The lowest BCUT2D eigenvalue weighted by Crippen LogP contribution is -2.25. The molecule has 0 aliphatic heterocycles. The van der Waals surface area contributed by atoms with Gasteiger partial charge in [0, 0.05) is 25.6 Å². The molecular formula is C18H27N3. The van der Waals surface area contributed by atoms with Gasteiger partial charge in [0.15, 0.2) is 0 Å². The van der Waals surface area contributed by atoms with Crippen LogP contribution in [-0.4, -0.2) is 22.1 Å². The van der Waals surface area contributed by atoms with Crippen molar-refractivity contribution in [2.45, 2.75) is 52.6 Å². The van der Waals surface area contributed by atoms with Crippen molar-refractivity contribution in [3.63, 3.8) is 0 Å². The van der Waals surface area contributed by atoms with E-state index in [0.29, 0.717) is 12.0 Å². The first-order valence-corrected chi connectivity index (χ1v) is 7.86. The highest BCUT2D eigenvalue weighted by Crippen LogP contribution is 2.22. The first-order valence-electron chi connectivity index (χ1n) is 7.86. The van der Waals surface area contributed by atoms with Crippen LogP contribution in [0.15, 0.2) is 30.9 Å². The summed E-state index contributed by atoms with van der Waals surface area (Å²) in [4.78, 5) is 4.85. The molecule has 0 amide bonds. The van der Waals surface area contributed by atoms with Crippen LogP contribution in [-0.2, 0) is 13.0 Å². The summed E-state index contributed by atoms with van der Waals surface area (Å²) in [6, 6.07) is 7.14. The average molecular weight is 285 g/mol. The van der Waals surface area contributed by atoms with Gasteiger partial charge in [-0.05, 0) is 23.6 Å². The number of benzene rings is 1. The molecule has 0 atom stereocenters. The molecule has 0 aliphatic rings. The van der Waals surface area contributed by atoms with Gasteiger partial charge in [-0.1, -0.05) is 39.8 Å². The van der Waals surface area contributed by atoms with Crippen LogP contribution in [0.2, 0.25) is 0 Å². The van der Waals surface area contributed by atoms with Gasteiger partial charge in [-0.15, -0.1) is 6.58 Å². The number of imidazole rings is 1. The fourth-order valence-corrected chi connectivity index (χ4v) is 2.55. The Kier molecular flexibility index (Phi) is 5.18. The third-order valence-corrected chi connectivity index (χ3v) is 3.73. The van der Waals surface area contributed by atoms with E-state index in [-0.39, 0.29) is 0 Å². The topological polar surface area (TPSA) is 29.9 Å². The van der Waals surface area contributed by atoms with Crippen LogP contribution in [0.5, 0.6) is 0 Å². The maximum Gasteiger partial charge on any atom is 0.111 e. The largest absolute Gasteiger partial charge is 0.324 e. The van der Waals surface area contributed by atoms with E-state index in [1.165, 1.54) is 11.1 Å². The van der Waals surface area contributed by atoms with Crippen molar-refractivity contribution >= 4 is 11.0 Å².